The number of carbonyl (C=O) groups is 1. The Bertz CT molecular complexity index is 893. The lowest BCUT2D eigenvalue weighted by Crippen LogP contribution is -2.28. The molecule has 0 aliphatic carbocycles. The van der Waals surface area contributed by atoms with Gasteiger partial charge in [0, 0.05) is 29.7 Å². The van der Waals surface area contributed by atoms with Crippen molar-refractivity contribution in [2.75, 3.05) is 0 Å². The quantitative estimate of drug-likeness (QED) is 0.786. The highest BCUT2D eigenvalue weighted by Crippen LogP contribution is 2.16. The second-order valence-electron chi connectivity index (χ2n) is 5.69. The smallest absolute Gasteiger partial charge is 0.291 e. The highest BCUT2D eigenvalue weighted by Gasteiger charge is 2.19. The summed E-state index contributed by atoms with van der Waals surface area (Å²) in [6.07, 6.45) is 1.76. The third-order valence-electron chi connectivity index (χ3n) is 3.91. The summed E-state index contributed by atoms with van der Waals surface area (Å²) >= 11 is 0. The van der Waals surface area contributed by atoms with Crippen molar-refractivity contribution in [3.8, 4) is 0 Å². The van der Waals surface area contributed by atoms with Gasteiger partial charge < -0.3 is 5.32 Å². The van der Waals surface area contributed by atoms with Crippen LogP contribution < -0.4 is 5.32 Å². The van der Waals surface area contributed by atoms with Crippen LogP contribution in [0.15, 0.2) is 12.3 Å². The third kappa shape index (κ3) is 2.67. The Morgan fingerprint density at radius 1 is 1.26 bits per heavy atom. The van der Waals surface area contributed by atoms with Gasteiger partial charge in [-0.2, -0.15) is 10.1 Å². The van der Waals surface area contributed by atoms with Crippen LogP contribution in [0, 0.1) is 20.8 Å². The molecule has 120 valence electrons. The Kier molecular flexibility index (Phi) is 3.59. The molecule has 0 fully saturated rings. The summed E-state index contributed by atoms with van der Waals surface area (Å²) in [5.74, 6) is 0.209. The summed E-state index contributed by atoms with van der Waals surface area (Å²) in [5.41, 5.74) is 3.70. The van der Waals surface area contributed by atoms with Gasteiger partial charge >= 0.3 is 0 Å². The standard InChI is InChI=1S/C15H19N7O/c1-8-6-9(2)22-15(17-8)19-13(20-22)14(23)18-10(3)12-7-16-21(5)11(12)4/h6-7,10H,1-5H3,(H,18,23). The molecule has 0 aromatic carbocycles. The molecule has 0 radical (unpaired) electrons. The molecule has 1 amide bonds. The van der Waals surface area contributed by atoms with Crippen LogP contribution in [0.25, 0.3) is 5.78 Å². The lowest BCUT2D eigenvalue weighted by atomic mass is 10.1. The summed E-state index contributed by atoms with van der Waals surface area (Å²) < 4.78 is 3.35. The van der Waals surface area contributed by atoms with E-state index >= 15 is 0 Å². The molecule has 1 N–H and O–H groups in total. The van der Waals surface area contributed by atoms with E-state index < -0.39 is 0 Å². The zero-order chi connectivity index (χ0) is 16.7. The number of nitrogens with zero attached hydrogens (tertiary/aromatic N) is 6. The highest BCUT2D eigenvalue weighted by atomic mass is 16.2. The molecule has 0 aliphatic heterocycles. The van der Waals surface area contributed by atoms with Crippen molar-refractivity contribution in [3.63, 3.8) is 0 Å². The van der Waals surface area contributed by atoms with Crippen molar-refractivity contribution >= 4 is 11.7 Å². The van der Waals surface area contributed by atoms with Crippen molar-refractivity contribution in [2.24, 2.45) is 7.05 Å². The maximum atomic E-state index is 12.4. The van der Waals surface area contributed by atoms with Gasteiger partial charge in [0.15, 0.2) is 0 Å². The molecule has 0 saturated heterocycles. The zero-order valence-electron chi connectivity index (χ0n) is 13.8. The van der Waals surface area contributed by atoms with Gasteiger partial charge in [-0.15, -0.1) is 5.10 Å². The lowest BCUT2D eigenvalue weighted by Gasteiger charge is -2.12. The fraction of sp³-hybridized carbons (Fsp3) is 0.400. The largest absolute Gasteiger partial charge is 0.343 e. The van der Waals surface area contributed by atoms with Crippen molar-refractivity contribution in [2.45, 2.75) is 33.7 Å². The van der Waals surface area contributed by atoms with Crippen LogP contribution in [0.5, 0.6) is 0 Å². The summed E-state index contributed by atoms with van der Waals surface area (Å²) in [5, 5.41) is 11.3. The molecule has 0 bridgehead atoms. The number of aromatic nitrogens is 6. The second kappa shape index (κ2) is 5.45. The van der Waals surface area contributed by atoms with E-state index in [0.29, 0.717) is 5.78 Å². The monoisotopic (exact) mass is 313 g/mol. The van der Waals surface area contributed by atoms with Gasteiger partial charge in [-0.05, 0) is 33.8 Å². The predicted octanol–water partition coefficient (Wildman–Crippen LogP) is 1.27. The van der Waals surface area contributed by atoms with Crippen LogP contribution in [0.3, 0.4) is 0 Å². The van der Waals surface area contributed by atoms with E-state index in [2.05, 4.69) is 25.5 Å². The van der Waals surface area contributed by atoms with Crippen LogP contribution in [-0.2, 0) is 7.05 Å². The number of fused-ring (bicyclic) bond motifs is 1. The molecule has 1 atom stereocenters. The molecule has 3 aromatic rings. The summed E-state index contributed by atoms with van der Waals surface area (Å²) in [7, 11) is 1.87. The van der Waals surface area contributed by atoms with E-state index in [0.717, 1.165) is 22.6 Å². The normalized spacial score (nSPS) is 12.6. The van der Waals surface area contributed by atoms with Crippen LogP contribution >= 0.6 is 0 Å². The highest BCUT2D eigenvalue weighted by molar-refractivity contribution is 5.91. The predicted molar refractivity (Wildman–Crippen MR) is 84.1 cm³/mol. The van der Waals surface area contributed by atoms with Gasteiger partial charge in [-0.3, -0.25) is 9.48 Å². The molecule has 0 saturated carbocycles. The van der Waals surface area contributed by atoms with Crippen molar-refractivity contribution in [1.29, 1.82) is 0 Å². The molecular weight excluding hydrogens is 294 g/mol. The van der Waals surface area contributed by atoms with E-state index in [-0.39, 0.29) is 17.8 Å². The Labute approximate surface area is 133 Å². The van der Waals surface area contributed by atoms with Gasteiger partial charge in [-0.1, -0.05) is 0 Å². The van der Waals surface area contributed by atoms with Gasteiger partial charge in [0.2, 0.25) is 5.82 Å². The van der Waals surface area contributed by atoms with E-state index in [1.807, 2.05) is 40.8 Å². The summed E-state index contributed by atoms with van der Waals surface area (Å²) in [4.78, 5) is 20.9. The molecule has 3 heterocycles. The van der Waals surface area contributed by atoms with Crippen molar-refractivity contribution < 1.29 is 4.79 Å². The fourth-order valence-electron chi connectivity index (χ4n) is 2.54. The number of hydrogen-bond acceptors (Lipinski definition) is 5. The van der Waals surface area contributed by atoms with Crippen LogP contribution in [-0.4, -0.2) is 35.3 Å². The Balaban J connectivity index is 1.86. The van der Waals surface area contributed by atoms with Crippen LogP contribution in [0.2, 0.25) is 0 Å². The molecule has 3 rings (SSSR count). The topological polar surface area (TPSA) is 90.0 Å². The molecule has 1 unspecified atom stereocenters. The average molecular weight is 313 g/mol. The van der Waals surface area contributed by atoms with E-state index in [1.165, 1.54) is 0 Å². The molecule has 3 aromatic heterocycles. The first-order chi connectivity index (χ1) is 10.9. The van der Waals surface area contributed by atoms with Gasteiger partial charge in [0.25, 0.3) is 11.7 Å². The molecular formula is C15H19N7O. The number of carbonyl (C=O) groups excluding carboxylic acids is 1. The first kappa shape index (κ1) is 15.1. The van der Waals surface area contributed by atoms with Crippen molar-refractivity contribution in [3.05, 3.63) is 40.7 Å². The lowest BCUT2D eigenvalue weighted by molar-refractivity contribution is 0.0929. The molecule has 23 heavy (non-hydrogen) atoms. The second-order valence-corrected chi connectivity index (χ2v) is 5.69. The molecule has 0 aliphatic rings. The zero-order valence-corrected chi connectivity index (χ0v) is 13.8. The van der Waals surface area contributed by atoms with Gasteiger partial charge in [-0.25, -0.2) is 9.50 Å². The SMILES string of the molecule is Cc1cc(C)n2nc(C(=O)NC(C)c3cnn(C)c3C)nc2n1. The first-order valence-electron chi connectivity index (χ1n) is 7.37. The maximum absolute atomic E-state index is 12.4. The average Bonchev–Trinajstić information content (AvgIpc) is 3.04. The van der Waals surface area contributed by atoms with Crippen molar-refractivity contribution in [1.82, 2.24) is 34.7 Å². The first-order valence-corrected chi connectivity index (χ1v) is 7.37. The molecule has 0 spiro atoms. The fourth-order valence-corrected chi connectivity index (χ4v) is 2.54. The Hall–Kier alpha value is -2.77. The Morgan fingerprint density at radius 2 is 2.00 bits per heavy atom. The van der Waals surface area contributed by atoms with Gasteiger partial charge in [0.05, 0.1) is 12.2 Å². The minimum absolute atomic E-state index is 0.111. The van der Waals surface area contributed by atoms with Gasteiger partial charge in [0.1, 0.15) is 0 Å². The summed E-state index contributed by atoms with van der Waals surface area (Å²) in [6, 6.07) is 1.71. The summed E-state index contributed by atoms with van der Waals surface area (Å²) in [6.45, 7) is 7.66. The molecule has 8 heteroatoms. The number of aryl methyl sites for hydroxylation is 3. The maximum Gasteiger partial charge on any atom is 0.291 e. The Morgan fingerprint density at radius 3 is 2.65 bits per heavy atom. The third-order valence-corrected chi connectivity index (χ3v) is 3.91. The van der Waals surface area contributed by atoms with E-state index in [4.69, 9.17) is 0 Å². The van der Waals surface area contributed by atoms with Crippen LogP contribution in [0.4, 0.5) is 0 Å². The number of nitrogens with one attached hydrogen (secondary N) is 1. The molecule has 8 nitrogen and oxygen atoms in total. The number of rotatable bonds is 3. The van der Waals surface area contributed by atoms with E-state index in [1.54, 1.807) is 15.4 Å². The minimum Gasteiger partial charge on any atom is -0.343 e. The minimum atomic E-state index is -0.330. The van der Waals surface area contributed by atoms with Crippen LogP contribution in [0.1, 0.15) is 46.2 Å². The number of hydrogen-bond donors (Lipinski definition) is 1. The van der Waals surface area contributed by atoms with E-state index in [9.17, 15) is 4.79 Å². The number of amides is 1.